The maximum atomic E-state index is 12.6. The van der Waals surface area contributed by atoms with Crippen LogP contribution >= 0.6 is 0 Å². The van der Waals surface area contributed by atoms with Gasteiger partial charge >= 0.3 is 0 Å². The average molecular weight is 432 g/mol. The van der Waals surface area contributed by atoms with Crippen LogP contribution in [0.4, 0.5) is 11.4 Å². The van der Waals surface area contributed by atoms with E-state index in [-0.39, 0.29) is 27.7 Å². The predicted molar refractivity (Wildman–Crippen MR) is 112 cm³/mol. The molecule has 1 amide bonds. The van der Waals surface area contributed by atoms with E-state index in [1.165, 1.54) is 12.1 Å². The van der Waals surface area contributed by atoms with Crippen LogP contribution < -0.4 is 11.1 Å². The molecule has 3 rings (SSSR count). The van der Waals surface area contributed by atoms with E-state index in [1.54, 1.807) is 30.3 Å². The zero-order chi connectivity index (χ0) is 22.6. The monoisotopic (exact) mass is 432 g/mol. The first-order valence-corrected chi connectivity index (χ1v) is 9.95. The molecular weight excluding hydrogens is 412 g/mol. The molecule has 0 aromatic heterocycles. The second-order valence-electron chi connectivity index (χ2n) is 6.35. The van der Waals surface area contributed by atoms with E-state index in [4.69, 9.17) is 15.6 Å². The van der Waals surface area contributed by atoms with Crippen molar-refractivity contribution in [2.75, 3.05) is 11.1 Å². The van der Waals surface area contributed by atoms with E-state index in [0.29, 0.717) is 0 Å². The van der Waals surface area contributed by atoms with Gasteiger partial charge in [0.25, 0.3) is 22.0 Å². The fourth-order valence-electron chi connectivity index (χ4n) is 2.74. The fourth-order valence-corrected chi connectivity index (χ4v) is 3.46. The van der Waals surface area contributed by atoms with Crippen molar-refractivity contribution in [1.82, 2.24) is 0 Å². The van der Waals surface area contributed by atoms with Crippen molar-refractivity contribution in [3.05, 3.63) is 59.7 Å². The first kappa shape index (κ1) is 22.7. The van der Waals surface area contributed by atoms with Crippen molar-refractivity contribution in [2.45, 2.75) is 18.7 Å². The minimum atomic E-state index is -4.55. The Morgan fingerprint density at radius 2 is 1.60 bits per heavy atom. The van der Waals surface area contributed by atoms with Crippen LogP contribution in [0.3, 0.4) is 0 Å². The highest BCUT2D eigenvalue weighted by Crippen LogP contribution is 2.37. The van der Waals surface area contributed by atoms with Crippen molar-refractivity contribution >= 4 is 44.1 Å². The highest BCUT2D eigenvalue weighted by atomic mass is 32.2. The Hall–Kier alpha value is -3.63. The lowest BCUT2D eigenvalue weighted by Crippen LogP contribution is -2.15. The number of hydrogen-bond donors (Lipinski definition) is 5. The number of hydrogen-bond acceptors (Lipinski definition) is 6. The summed E-state index contributed by atoms with van der Waals surface area (Å²) in [5.41, 5.74) is 7.29. The molecule has 0 heterocycles. The predicted octanol–water partition coefficient (Wildman–Crippen LogP) is 3.03. The molecule has 158 valence electrons. The molecule has 0 saturated carbocycles. The Bertz CT molecular complexity index is 1230. The minimum Gasteiger partial charge on any atom is -0.506 e. The summed E-state index contributed by atoms with van der Waals surface area (Å²) >= 11 is 0. The SMILES string of the molecule is CC(=O)O.Cc1ccc(C(=O)Nc2c(O)cc(S(=O)(=O)O)c3ccccc23)c(N)c1. The maximum absolute atomic E-state index is 12.6. The number of anilines is 2. The van der Waals surface area contributed by atoms with E-state index < -0.39 is 32.6 Å². The number of phenols is 1. The van der Waals surface area contributed by atoms with E-state index in [0.717, 1.165) is 18.6 Å². The lowest BCUT2D eigenvalue weighted by Gasteiger charge is -2.14. The lowest BCUT2D eigenvalue weighted by atomic mass is 10.1. The number of carbonyl (C=O) groups excluding carboxylic acids is 1. The number of carboxylic acids is 1. The number of aliphatic carboxylic acids is 1. The van der Waals surface area contributed by atoms with Crippen molar-refractivity contribution in [1.29, 1.82) is 0 Å². The number of nitrogens with one attached hydrogen (secondary N) is 1. The molecule has 9 nitrogen and oxygen atoms in total. The Kier molecular flexibility index (Phi) is 6.65. The second kappa shape index (κ2) is 8.80. The van der Waals surface area contributed by atoms with Gasteiger partial charge in [-0.25, -0.2) is 0 Å². The summed E-state index contributed by atoms with van der Waals surface area (Å²) in [5, 5.41) is 20.6. The molecule has 3 aromatic rings. The summed E-state index contributed by atoms with van der Waals surface area (Å²) in [7, 11) is -4.55. The molecule has 3 aromatic carbocycles. The molecule has 0 aliphatic carbocycles. The second-order valence-corrected chi connectivity index (χ2v) is 7.74. The van der Waals surface area contributed by atoms with Gasteiger partial charge in [0.2, 0.25) is 0 Å². The summed E-state index contributed by atoms with van der Waals surface area (Å²) in [6.07, 6.45) is 0. The molecule has 30 heavy (non-hydrogen) atoms. The smallest absolute Gasteiger partial charge is 0.300 e. The lowest BCUT2D eigenvalue weighted by molar-refractivity contribution is -0.134. The van der Waals surface area contributed by atoms with Gasteiger partial charge in [-0.1, -0.05) is 30.3 Å². The van der Waals surface area contributed by atoms with Gasteiger partial charge in [0.05, 0.1) is 11.3 Å². The van der Waals surface area contributed by atoms with Crippen LogP contribution in [0, 0.1) is 6.92 Å². The summed E-state index contributed by atoms with van der Waals surface area (Å²) in [4.78, 5) is 21.1. The quantitative estimate of drug-likeness (QED) is 0.239. The first-order valence-electron chi connectivity index (χ1n) is 8.51. The minimum absolute atomic E-state index is 0.0259. The molecule has 0 aliphatic rings. The van der Waals surface area contributed by atoms with E-state index >= 15 is 0 Å². The van der Waals surface area contributed by atoms with Gasteiger partial charge in [0.1, 0.15) is 10.6 Å². The van der Waals surface area contributed by atoms with E-state index in [2.05, 4.69) is 5.32 Å². The number of aromatic hydroxyl groups is 1. The van der Waals surface area contributed by atoms with E-state index in [9.17, 15) is 22.9 Å². The number of aryl methyl sites for hydroxylation is 1. The Labute approximate surface area is 172 Å². The number of benzene rings is 3. The van der Waals surface area contributed by atoms with Crippen LogP contribution in [0.2, 0.25) is 0 Å². The number of fused-ring (bicyclic) bond motifs is 1. The topological polar surface area (TPSA) is 167 Å². The number of carbonyl (C=O) groups is 2. The summed E-state index contributed by atoms with van der Waals surface area (Å²) in [5.74, 6) is -1.88. The van der Waals surface area contributed by atoms with Crippen LogP contribution in [0.15, 0.2) is 53.4 Å². The molecule has 0 saturated heterocycles. The normalized spacial score (nSPS) is 10.8. The summed E-state index contributed by atoms with van der Waals surface area (Å²) in [6.45, 7) is 2.92. The Morgan fingerprint density at radius 3 is 2.13 bits per heavy atom. The third-order valence-corrected chi connectivity index (χ3v) is 4.85. The largest absolute Gasteiger partial charge is 0.506 e. The van der Waals surface area contributed by atoms with Gasteiger partial charge in [-0.15, -0.1) is 0 Å². The van der Waals surface area contributed by atoms with Gasteiger partial charge in [-0.05, 0) is 24.6 Å². The van der Waals surface area contributed by atoms with Gasteiger partial charge in [0, 0.05) is 29.4 Å². The molecule has 10 heteroatoms. The van der Waals surface area contributed by atoms with Gasteiger partial charge in [-0.2, -0.15) is 8.42 Å². The standard InChI is InChI=1S/C18H16N2O5S.C2H4O2/c1-10-6-7-13(14(19)8-10)18(22)20-17-12-5-3-2-4-11(12)16(9-15(17)21)26(23,24)25;1-2(3)4/h2-9,21H,19H2,1H3,(H,20,22)(H,23,24,25);1H3,(H,3,4). The highest BCUT2D eigenvalue weighted by Gasteiger charge is 2.21. The number of nitrogen functional groups attached to an aromatic ring is 1. The number of phenolic OH excluding ortho intramolecular Hbond substituents is 1. The Balaban J connectivity index is 0.000000735. The van der Waals surface area contributed by atoms with Gasteiger partial charge < -0.3 is 21.3 Å². The van der Waals surface area contributed by atoms with Gasteiger partial charge in [0.15, 0.2) is 0 Å². The van der Waals surface area contributed by atoms with Crippen molar-refractivity contribution in [3.8, 4) is 5.75 Å². The molecular formula is C20H20N2O7S. The number of nitrogens with two attached hydrogens (primary N) is 1. The van der Waals surface area contributed by atoms with Crippen LogP contribution in [-0.4, -0.2) is 35.1 Å². The maximum Gasteiger partial charge on any atom is 0.300 e. The van der Waals surface area contributed by atoms with Crippen molar-refractivity contribution < 1.29 is 32.8 Å². The van der Waals surface area contributed by atoms with Crippen molar-refractivity contribution in [2.24, 2.45) is 0 Å². The van der Waals surface area contributed by atoms with Crippen LogP contribution in [0.5, 0.6) is 5.75 Å². The molecule has 0 radical (unpaired) electrons. The first-order chi connectivity index (χ1) is 13.9. The molecule has 0 unspecified atom stereocenters. The molecule has 0 fully saturated rings. The third-order valence-electron chi connectivity index (χ3n) is 3.95. The molecule has 0 atom stereocenters. The molecule has 0 bridgehead atoms. The third kappa shape index (κ3) is 5.25. The Morgan fingerprint density at radius 1 is 1.03 bits per heavy atom. The number of carboxylic acid groups (broad SMARTS) is 1. The number of amides is 1. The van der Waals surface area contributed by atoms with Crippen LogP contribution in [0.25, 0.3) is 10.8 Å². The van der Waals surface area contributed by atoms with Crippen LogP contribution in [-0.2, 0) is 14.9 Å². The summed E-state index contributed by atoms with van der Waals surface area (Å²) < 4.78 is 32.5. The fraction of sp³-hybridized carbons (Fsp3) is 0.100. The van der Waals surface area contributed by atoms with Gasteiger partial charge in [-0.3, -0.25) is 14.1 Å². The molecule has 0 spiro atoms. The zero-order valence-corrected chi connectivity index (χ0v) is 16.9. The van der Waals surface area contributed by atoms with E-state index in [1.807, 2.05) is 6.92 Å². The highest BCUT2D eigenvalue weighted by molar-refractivity contribution is 7.86. The number of rotatable bonds is 3. The van der Waals surface area contributed by atoms with Crippen molar-refractivity contribution in [3.63, 3.8) is 0 Å². The zero-order valence-electron chi connectivity index (χ0n) is 16.1. The molecule has 6 N–H and O–H groups in total. The van der Waals surface area contributed by atoms with Crippen LogP contribution in [0.1, 0.15) is 22.8 Å². The summed E-state index contributed by atoms with van der Waals surface area (Å²) in [6, 6.07) is 12.0. The average Bonchev–Trinajstić information content (AvgIpc) is 2.62. The molecule has 0 aliphatic heterocycles.